The van der Waals surface area contributed by atoms with Crippen LogP contribution < -0.4 is 0 Å². The van der Waals surface area contributed by atoms with Gasteiger partial charge in [-0.2, -0.15) is 0 Å². The Morgan fingerprint density at radius 1 is 1.05 bits per heavy atom. The van der Waals surface area contributed by atoms with E-state index in [0.717, 1.165) is 0 Å². The maximum Gasteiger partial charge on any atom is 0.261 e. The summed E-state index contributed by atoms with van der Waals surface area (Å²) < 4.78 is 22.4. The smallest absolute Gasteiger partial charge is 0.261 e. The van der Waals surface area contributed by atoms with Crippen molar-refractivity contribution in [2.75, 3.05) is 26.2 Å². The van der Waals surface area contributed by atoms with Crippen LogP contribution in [0.3, 0.4) is 0 Å². The van der Waals surface area contributed by atoms with E-state index >= 15 is 0 Å². The van der Waals surface area contributed by atoms with E-state index in [1.165, 1.54) is 24.3 Å². The van der Waals surface area contributed by atoms with Gasteiger partial charge >= 0.3 is 0 Å². The zero-order valence-electron chi connectivity index (χ0n) is 12.2. The minimum absolute atomic E-state index is 0.0379. The van der Waals surface area contributed by atoms with Gasteiger partial charge in [0.1, 0.15) is 0 Å². The number of hydrogen-bond donors (Lipinski definition) is 0. The SMILES string of the molecule is CCC(=O)N1CCN(C(=O)c2ccc(S(=O)(=O)Cl)cc2)CC1. The molecule has 1 aromatic rings. The van der Waals surface area contributed by atoms with E-state index in [1.54, 1.807) is 9.80 Å². The quantitative estimate of drug-likeness (QED) is 0.775. The molecule has 0 radical (unpaired) electrons. The molecule has 0 saturated carbocycles. The van der Waals surface area contributed by atoms with Crippen molar-refractivity contribution in [3.8, 4) is 0 Å². The van der Waals surface area contributed by atoms with Crippen LogP contribution in [0.2, 0.25) is 0 Å². The molecule has 0 N–H and O–H groups in total. The zero-order chi connectivity index (χ0) is 16.3. The average molecular weight is 345 g/mol. The van der Waals surface area contributed by atoms with E-state index in [4.69, 9.17) is 10.7 Å². The normalized spacial score (nSPS) is 15.7. The molecule has 1 saturated heterocycles. The van der Waals surface area contributed by atoms with Gasteiger partial charge < -0.3 is 9.80 Å². The van der Waals surface area contributed by atoms with Gasteiger partial charge in [-0.3, -0.25) is 9.59 Å². The van der Waals surface area contributed by atoms with Gasteiger partial charge in [-0.15, -0.1) is 0 Å². The number of amides is 2. The maximum absolute atomic E-state index is 12.3. The Kier molecular flexibility index (Phi) is 5.08. The number of nitrogens with zero attached hydrogens (tertiary/aromatic N) is 2. The lowest BCUT2D eigenvalue weighted by Gasteiger charge is -2.34. The first-order valence-corrected chi connectivity index (χ1v) is 9.25. The number of hydrogen-bond acceptors (Lipinski definition) is 4. The number of halogens is 1. The van der Waals surface area contributed by atoms with Gasteiger partial charge in [0.15, 0.2) is 0 Å². The Balaban J connectivity index is 2.03. The fraction of sp³-hybridized carbons (Fsp3) is 0.429. The van der Waals surface area contributed by atoms with Gasteiger partial charge in [-0.1, -0.05) is 6.92 Å². The summed E-state index contributed by atoms with van der Waals surface area (Å²) in [5.74, 6) is -0.0918. The topological polar surface area (TPSA) is 74.8 Å². The summed E-state index contributed by atoms with van der Waals surface area (Å²) in [7, 11) is 1.45. The van der Waals surface area contributed by atoms with Crippen molar-refractivity contribution in [3.05, 3.63) is 29.8 Å². The summed E-state index contributed by atoms with van der Waals surface area (Å²) in [6.07, 6.45) is 0.461. The van der Waals surface area contributed by atoms with Crippen LogP contribution in [0.25, 0.3) is 0 Å². The largest absolute Gasteiger partial charge is 0.339 e. The number of piperazine rings is 1. The van der Waals surface area contributed by atoms with Gasteiger partial charge in [0.2, 0.25) is 5.91 Å². The fourth-order valence-electron chi connectivity index (χ4n) is 2.33. The highest BCUT2D eigenvalue weighted by Gasteiger charge is 2.24. The molecule has 1 aromatic carbocycles. The van der Waals surface area contributed by atoms with Crippen LogP contribution in [0.4, 0.5) is 0 Å². The molecule has 2 rings (SSSR count). The van der Waals surface area contributed by atoms with Crippen LogP contribution in [0.15, 0.2) is 29.2 Å². The monoisotopic (exact) mass is 344 g/mol. The first kappa shape index (κ1) is 16.8. The predicted molar refractivity (Wildman–Crippen MR) is 82.3 cm³/mol. The second-order valence-corrected chi connectivity index (χ2v) is 7.55. The van der Waals surface area contributed by atoms with Crippen LogP contribution in [0.1, 0.15) is 23.7 Å². The second kappa shape index (κ2) is 6.66. The highest BCUT2D eigenvalue weighted by Crippen LogP contribution is 2.17. The number of rotatable bonds is 3. The van der Waals surface area contributed by atoms with Crippen LogP contribution in [0, 0.1) is 0 Å². The number of benzene rings is 1. The molecule has 0 atom stereocenters. The Labute approximate surface area is 134 Å². The summed E-state index contributed by atoms with van der Waals surface area (Å²) in [6.45, 7) is 3.80. The summed E-state index contributed by atoms with van der Waals surface area (Å²) in [5.41, 5.74) is 0.402. The Bertz CT molecular complexity index is 665. The molecule has 2 amide bonds. The van der Waals surface area contributed by atoms with Gasteiger partial charge in [0, 0.05) is 48.8 Å². The molecule has 22 heavy (non-hydrogen) atoms. The molecule has 1 aliphatic heterocycles. The van der Waals surface area contributed by atoms with E-state index in [2.05, 4.69) is 0 Å². The maximum atomic E-state index is 12.3. The second-order valence-electron chi connectivity index (χ2n) is 4.99. The lowest BCUT2D eigenvalue weighted by Crippen LogP contribution is -2.50. The summed E-state index contributed by atoms with van der Waals surface area (Å²) in [4.78, 5) is 27.3. The highest BCUT2D eigenvalue weighted by atomic mass is 35.7. The molecule has 8 heteroatoms. The summed E-state index contributed by atoms with van der Waals surface area (Å²) in [5, 5.41) is 0. The lowest BCUT2D eigenvalue weighted by atomic mass is 10.2. The molecule has 1 aliphatic rings. The lowest BCUT2D eigenvalue weighted by molar-refractivity contribution is -0.132. The van der Waals surface area contributed by atoms with Gasteiger partial charge in [-0.25, -0.2) is 8.42 Å². The Hall–Kier alpha value is -1.60. The standard InChI is InChI=1S/C14H17ClN2O4S/c1-2-13(18)16-7-9-17(10-8-16)14(19)11-3-5-12(6-4-11)22(15,20)21/h3-6H,2,7-10H2,1H3. The fourth-order valence-corrected chi connectivity index (χ4v) is 3.09. The summed E-state index contributed by atoms with van der Waals surface area (Å²) >= 11 is 0. The van der Waals surface area contributed by atoms with Crippen molar-refractivity contribution < 1.29 is 18.0 Å². The number of carbonyl (C=O) groups is 2. The molecular formula is C14H17ClN2O4S. The minimum Gasteiger partial charge on any atom is -0.339 e. The molecule has 6 nitrogen and oxygen atoms in total. The van der Waals surface area contributed by atoms with Crippen LogP contribution >= 0.6 is 10.7 Å². The van der Waals surface area contributed by atoms with E-state index in [-0.39, 0.29) is 16.7 Å². The first-order valence-electron chi connectivity index (χ1n) is 6.94. The Morgan fingerprint density at radius 3 is 2.00 bits per heavy atom. The molecule has 0 unspecified atom stereocenters. The highest BCUT2D eigenvalue weighted by molar-refractivity contribution is 8.13. The zero-order valence-corrected chi connectivity index (χ0v) is 13.7. The molecular weight excluding hydrogens is 328 g/mol. The van der Waals surface area contributed by atoms with Gasteiger partial charge in [0.05, 0.1) is 4.90 Å². The van der Waals surface area contributed by atoms with Gasteiger partial charge in [0.25, 0.3) is 15.0 Å². The molecule has 0 spiro atoms. The molecule has 0 bridgehead atoms. The van der Waals surface area contributed by atoms with Crippen LogP contribution in [0.5, 0.6) is 0 Å². The number of carbonyl (C=O) groups excluding carboxylic acids is 2. The van der Waals surface area contributed by atoms with E-state index in [0.29, 0.717) is 38.2 Å². The van der Waals surface area contributed by atoms with Crippen molar-refractivity contribution in [3.63, 3.8) is 0 Å². The third-order valence-corrected chi connectivity index (χ3v) is 4.97. The summed E-state index contributed by atoms with van der Waals surface area (Å²) in [6, 6.07) is 5.52. The molecule has 1 heterocycles. The van der Waals surface area contributed by atoms with E-state index in [1.807, 2.05) is 6.92 Å². The van der Waals surface area contributed by atoms with Gasteiger partial charge in [-0.05, 0) is 24.3 Å². The molecule has 120 valence electrons. The molecule has 0 aliphatic carbocycles. The molecule has 1 fully saturated rings. The van der Waals surface area contributed by atoms with E-state index in [9.17, 15) is 18.0 Å². The Morgan fingerprint density at radius 2 is 1.55 bits per heavy atom. The van der Waals surface area contributed by atoms with Crippen molar-refractivity contribution in [1.29, 1.82) is 0 Å². The third-order valence-electron chi connectivity index (χ3n) is 3.60. The average Bonchev–Trinajstić information content (AvgIpc) is 2.53. The minimum atomic E-state index is -3.79. The molecule has 0 aromatic heterocycles. The predicted octanol–water partition coefficient (Wildman–Crippen LogP) is 1.31. The van der Waals surface area contributed by atoms with Crippen molar-refractivity contribution in [2.45, 2.75) is 18.2 Å². The van der Waals surface area contributed by atoms with Crippen molar-refractivity contribution >= 4 is 31.5 Å². The van der Waals surface area contributed by atoms with E-state index < -0.39 is 9.05 Å². The third kappa shape index (κ3) is 3.78. The van der Waals surface area contributed by atoms with Crippen molar-refractivity contribution in [2.24, 2.45) is 0 Å². The van der Waals surface area contributed by atoms with Crippen molar-refractivity contribution in [1.82, 2.24) is 9.80 Å². The van der Waals surface area contributed by atoms with Crippen LogP contribution in [-0.2, 0) is 13.8 Å². The first-order chi connectivity index (χ1) is 10.3. The van der Waals surface area contributed by atoms with Crippen LogP contribution in [-0.4, -0.2) is 56.2 Å².